The van der Waals surface area contributed by atoms with Crippen molar-refractivity contribution in [3.8, 4) is 5.75 Å². The first-order valence-corrected chi connectivity index (χ1v) is 13.5. The molecule has 1 aliphatic carbocycles. The van der Waals surface area contributed by atoms with Gasteiger partial charge in [-0.15, -0.1) is 0 Å². The number of nitrogens with zero attached hydrogens (tertiary/aromatic N) is 2. The number of rotatable bonds is 14. The SMILES string of the molecule is CN(C)c1ccc(C(c2ccc(OCCCNC(=O)COC(CN)CN)cc2)C2C=CC(=[N+](C)C)C=C2)cc1. The third kappa shape index (κ3) is 9.06. The third-order valence-electron chi connectivity index (χ3n) is 6.78. The van der Waals surface area contributed by atoms with Gasteiger partial charge < -0.3 is 31.2 Å². The van der Waals surface area contributed by atoms with E-state index in [1.807, 2.05) is 12.1 Å². The van der Waals surface area contributed by atoms with Gasteiger partial charge in [-0.25, -0.2) is 4.58 Å². The van der Waals surface area contributed by atoms with Gasteiger partial charge in [0.2, 0.25) is 5.91 Å². The maximum Gasteiger partial charge on any atom is 0.246 e. The van der Waals surface area contributed by atoms with Gasteiger partial charge in [0.05, 0.1) is 12.7 Å². The standard InChI is InChI=1S/C31H43N5O3/c1-35(2)26-12-6-23(7-13-26)31(24-8-14-27(15-9-24)36(3)4)25-10-16-28(17-11-25)38-19-5-18-34-30(37)22-39-29(20-32)21-33/h6-17,23,29,31H,5,18-22,32-33H2,1-4H3/p+1. The molecule has 0 heterocycles. The largest absolute Gasteiger partial charge is 0.494 e. The van der Waals surface area contributed by atoms with E-state index in [0.717, 1.165) is 5.75 Å². The lowest BCUT2D eigenvalue weighted by atomic mass is 9.79. The molecule has 0 spiro atoms. The Labute approximate surface area is 233 Å². The number of nitrogens with two attached hydrogens (primary N) is 2. The number of allylic oxidation sites excluding steroid dienone is 4. The maximum atomic E-state index is 11.9. The number of amides is 1. The van der Waals surface area contributed by atoms with E-state index < -0.39 is 0 Å². The van der Waals surface area contributed by atoms with Crippen molar-refractivity contribution in [2.45, 2.75) is 18.4 Å². The van der Waals surface area contributed by atoms with Crippen molar-refractivity contribution in [3.05, 3.63) is 84.0 Å². The van der Waals surface area contributed by atoms with Crippen molar-refractivity contribution in [2.75, 3.05) is 65.9 Å². The van der Waals surface area contributed by atoms with E-state index in [1.54, 1.807) is 0 Å². The van der Waals surface area contributed by atoms with Crippen LogP contribution in [-0.2, 0) is 9.53 Å². The molecule has 210 valence electrons. The molecule has 0 saturated heterocycles. The molecule has 0 aromatic heterocycles. The van der Waals surface area contributed by atoms with Gasteiger partial charge >= 0.3 is 0 Å². The Morgan fingerprint density at radius 2 is 1.56 bits per heavy atom. The summed E-state index contributed by atoms with van der Waals surface area (Å²) in [6, 6.07) is 17.1. The predicted octanol–water partition coefficient (Wildman–Crippen LogP) is 2.53. The number of benzene rings is 2. The summed E-state index contributed by atoms with van der Waals surface area (Å²) in [7, 11) is 8.23. The van der Waals surface area contributed by atoms with Crippen LogP contribution < -0.4 is 26.4 Å². The van der Waals surface area contributed by atoms with Crippen LogP contribution in [0.4, 0.5) is 5.69 Å². The van der Waals surface area contributed by atoms with Crippen LogP contribution in [0, 0.1) is 5.92 Å². The predicted molar refractivity (Wildman–Crippen MR) is 159 cm³/mol. The Kier molecular flexibility index (Phi) is 11.7. The molecule has 0 radical (unpaired) electrons. The van der Waals surface area contributed by atoms with Crippen LogP contribution in [-0.4, -0.2) is 83.3 Å². The number of nitrogens with one attached hydrogen (secondary N) is 1. The molecule has 2 aromatic rings. The summed E-state index contributed by atoms with van der Waals surface area (Å²) in [5, 5.41) is 2.83. The molecule has 0 saturated carbocycles. The van der Waals surface area contributed by atoms with Crippen molar-refractivity contribution in [3.63, 3.8) is 0 Å². The number of hydrogen-bond donors (Lipinski definition) is 3. The zero-order valence-corrected chi connectivity index (χ0v) is 23.7. The van der Waals surface area contributed by atoms with Gasteiger partial charge in [0.25, 0.3) is 0 Å². The number of carbonyl (C=O) groups is 1. The molecule has 1 unspecified atom stereocenters. The summed E-state index contributed by atoms with van der Waals surface area (Å²) in [6.45, 7) is 1.56. The molecule has 5 N–H and O–H groups in total. The van der Waals surface area contributed by atoms with Crippen LogP contribution in [0.2, 0.25) is 0 Å². The van der Waals surface area contributed by atoms with E-state index in [2.05, 4.69) is 104 Å². The highest BCUT2D eigenvalue weighted by Crippen LogP contribution is 2.36. The summed E-state index contributed by atoms with van der Waals surface area (Å²) < 4.78 is 13.4. The summed E-state index contributed by atoms with van der Waals surface area (Å²) in [5.41, 5.74) is 15.9. The van der Waals surface area contributed by atoms with Gasteiger partial charge in [-0.2, -0.15) is 0 Å². The highest BCUT2D eigenvalue weighted by Gasteiger charge is 2.24. The Hall–Kier alpha value is -3.46. The smallest absolute Gasteiger partial charge is 0.246 e. The first kappa shape index (κ1) is 30.1. The number of ether oxygens (including phenoxy) is 2. The van der Waals surface area contributed by atoms with Gasteiger partial charge in [-0.1, -0.05) is 36.4 Å². The van der Waals surface area contributed by atoms with Crippen LogP contribution in [0.1, 0.15) is 23.5 Å². The minimum absolute atomic E-state index is 0.0414. The normalized spacial score (nSPS) is 15.4. The third-order valence-corrected chi connectivity index (χ3v) is 6.78. The summed E-state index contributed by atoms with van der Waals surface area (Å²) in [5.74, 6) is 1.05. The quantitative estimate of drug-likeness (QED) is 0.254. The molecule has 0 bridgehead atoms. The Balaban J connectivity index is 1.60. The first-order chi connectivity index (χ1) is 18.8. The van der Waals surface area contributed by atoms with Crippen LogP contribution in [0.15, 0.2) is 72.8 Å². The first-order valence-electron chi connectivity index (χ1n) is 13.5. The number of anilines is 1. The maximum absolute atomic E-state index is 11.9. The van der Waals surface area contributed by atoms with Gasteiger partial charge in [-0.05, 0) is 41.8 Å². The molecule has 39 heavy (non-hydrogen) atoms. The molecule has 1 atom stereocenters. The van der Waals surface area contributed by atoms with Gasteiger partial charge in [-0.3, -0.25) is 4.79 Å². The zero-order chi connectivity index (χ0) is 28.2. The molecular weight excluding hydrogens is 490 g/mol. The average molecular weight is 535 g/mol. The van der Waals surface area contributed by atoms with E-state index >= 15 is 0 Å². The minimum Gasteiger partial charge on any atom is -0.494 e. The average Bonchev–Trinajstić information content (AvgIpc) is 2.95. The van der Waals surface area contributed by atoms with Crippen molar-refractivity contribution >= 4 is 17.3 Å². The Bertz CT molecular complexity index is 1120. The summed E-state index contributed by atoms with van der Waals surface area (Å²) in [4.78, 5) is 14.0. The highest BCUT2D eigenvalue weighted by atomic mass is 16.5. The molecule has 1 amide bonds. The van der Waals surface area contributed by atoms with Gasteiger partial charge in [0.15, 0.2) is 5.71 Å². The van der Waals surface area contributed by atoms with Crippen LogP contribution in [0.25, 0.3) is 0 Å². The summed E-state index contributed by atoms with van der Waals surface area (Å²) >= 11 is 0. The molecule has 1 aliphatic rings. The second kappa shape index (κ2) is 15.2. The van der Waals surface area contributed by atoms with E-state index in [9.17, 15) is 4.79 Å². The zero-order valence-electron chi connectivity index (χ0n) is 23.7. The van der Waals surface area contributed by atoms with E-state index in [-0.39, 0.29) is 30.5 Å². The fraction of sp³-hybridized carbons (Fsp3) is 0.419. The lowest BCUT2D eigenvalue weighted by molar-refractivity contribution is -0.462. The fourth-order valence-electron chi connectivity index (χ4n) is 4.41. The Morgan fingerprint density at radius 3 is 2.10 bits per heavy atom. The molecule has 0 aliphatic heterocycles. The molecule has 0 fully saturated rings. The second-order valence-corrected chi connectivity index (χ2v) is 10.1. The Morgan fingerprint density at radius 1 is 0.974 bits per heavy atom. The number of hydrogen-bond acceptors (Lipinski definition) is 6. The topological polar surface area (TPSA) is 106 Å². The van der Waals surface area contributed by atoms with E-state index in [1.165, 1.54) is 22.5 Å². The fourth-order valence-corrected chi connectivity index (χ4v) is 4.41. The van der Waals surface area contributed by atoms with Crippen LogP contribution in [0.3, 0.4) is 0 Å². The van der Waals surface area contributed by atoms with Gasteiger partial charge in [0, 0.05) is 63.4 Å². The van der Waals surface area contributed by atoms with Crippen molar-refractivity contribution in [2.24, 2.45) is 17.4 Å². The van der Waals surface area contributed by atoms with Gasteiger partial charge in [0.1, 0.15) is 26.5 Å². The number of carbonyl (C=O) groups excluding carboxylic acids is 1. The molecular formula is C31H44N5O3+. The van der Waals surface area contributed by atoms with E-state index in [0.29, 0.717) is 32.7 Å². The van der Waals surface area contributed by atoms with E-state index in [4.69, 9.17) is 20.9 Å². The van der Waals surface area contributed by atoms with Crippen molar-refractivity contribution in [1.29, 1.82) is 0 Å². The second-order valence-electron chi connectivity index (χ2n) is 10.1. The lowest BCUT2D eigenvalue weighted by Crippen LogP contribution is -2.36. The van der Waals surface area contributed by atoms with Crippen molar-refractivity contribution < 1.29 is 18.8 Å². The molecule has 2 aromatic carbocycles. The lowest BCUT2D eigenvalue weighted by Gasteiger charge is -2.26. The van der Waals surface area contributed by atoms with Crippen LogP contribution in [0.5, 0.6) is 5.75 Å². The minimum atomic E-state index is -0.293. The highest BCUT2D eigenvalue weighted by molar-refractivity contribution is 6.01. The monoisotopic (exact) mass is 534 g/mol. The molecule has 8 nitrogen and oxygen atoms in total. The molecule has 3 rings (SSSR count). The summed E-state index contributed by atoms with van der Waals surface area (Å²) in [6.07, 6.45) is 9.36. The molecule has 8 heteroatoms. The van der Waals surface area contributed by atoms with Crippen molar-refractivity contribution in [1.82, 2.24) is 5.32 Å². The van der Waals surface area contributed by atoms with Crippen LogP contribution >= 0.6 is 0 Å².